The van der Waals surface area contributed by atoms with E-state index in [0.29, 0.717) is 36.8 Å². The van der Waals surface area contributed by atoms with Crippen LogP contribution in [0.2, 0.25) is 5.02 Å². The molecule has 1 saturated heterocycles. The summed E-state index contributed by atoms with van der Waals surface area (Å²) in [4.78, 5) is 25.2. The van der Waals surface area contributed by atoms with Crippen LogP contribution in [0.3, 0.4) is 0 Å². The number of amides is 2. The molecule has 1 fully saturated rings. The van der Waals surface area contributed by atoms with Gasteiger partial charge in [-0.05, 0) is 31.0 Å². The van der Waals surface area contributed by atoms with Crippen LogP contribution in [-0.4, -0.2) is 43.5 Å². The second kappa shape index (κ2) is 8.06. The van der Waals surface area contributed by atoms with E-state index in [1.807, 2.05) is 0 Å². The van der Waals surface area contributed by atoms with E-state index >= 15 is 0 Å². The van der Waals surface area contributed by atoms with E-state index in [4.69, 9.17) is 22.1 Å². The van der Waals surface area contributed by atoms with E-state index < -0.39 is 0 Å². The standard InChI is InChI=1S/C16H22ClN3O3/c1-23-14-5-4-12(17)9-13(14)19-7-6-15(21)20-8-2-3-11(10-20)16(18)22/h4-5,9,11,19H,2-3,6-8,10H2,1H3,(H2,18,22)/t11-/m1/s1. The number of primary amides is 1. The first-order chi connectivity index (χ1) is 11.0. The third-order valence-electron chi connectivity index (χ3n) is 3.99. The molecule has 1 aromatic carbocycles. The molecule has 126 valence electrons. The molecule has 1 aliphatic rings. The van der Waals surface area contributed by atoms with Crippen molar-refractivity contribution in [1.29, 1.82) is 0 Å². The molecule has 0 unspecified atom stereocenters. The minimum absolute atomic E-state index is 0.0180. The van der Waals surface area contributed by atoms with Crippen LogP contribution in [0, 0.1) is 5.92 Å². The zero-order valence-corrected chi connectivity index (χ0v) is 13.9. The van der Waals surface area contributed by atoms with Crippen LogP contribution >= 0.6 is 11.6 Å². The van der Waals surface area contributed by atoms with Gasteiger partial charge in [0.25, 0.3) is 0 Å². The fraction of sp³-hybridized carbons (Fsp3) is 0.500. The smallest absolute Gasteiger partial charge is 0.224 e. The average molecular weight is 340 g/mol. The summed E-state index contributed by atoms with van der Waals surface area (Å²) in [5, 5.41) is 3.76. The Bertz CT molecular complexity index is 580. The highest BCUT2D eigenvalue weighted by atomic mass is 35.5. The van der Waals surface area contributed by atoms with E-state index in [0.717, 1.165) is 18.5 Å². The number of hydrogen-bond donors (Lipinski definition) is 2. The number of methoxy groups -OCH3 is 1. The molecule has 1 aromatic rings. The maximum absolute atomic E-state index is 12.3. The number of benzene rings is 1. The van der Waals surface area contributed by atoms with Crippen molar-refractivity contribution in [1.82, 2.24) is 4.90 Å². The Morgan fingerprint density at radius 3 is 2.96 bits per heavy atom. The van der Waals surface area contributed by atoms with E-state index in [1.54, 1.807) is 30.2 Å². The van der Waals surface area contributed by atoms with E-state index in [9.17, 15) is 9.59 Å². The number of halogens is 1. The number of nitrogens with two attached hydrogens (primary N) is 1. The van der Waals surface area contributed by atoms with Crippen LogP contribution in [0.5, 0.6) is 5.75 Å². The van der Waals surface area contributed by atoms with Crippen molar-refractivity contribution in [2.45, 2.75) is 19.3 Å². The Hall–Kier alpha value is -1.95. The highest BCUT2D eigenvalue weighted by Gasteiger charge is 2.26. The van der Waals surface area contributed by atoms with Gasteiger partial charge in [-0.25, -0.2) is 0 Å². The molecule has 7 heteroatoms. The number of ether oxygens (including phenoxy) is 1. The minimum Gasteiger partial charge on any atom is -0.495 e. The van der Waals surface area contributed by atoms with Gasteiger partial charge >= 0.3 is 0 Å². The lowest BCUT2D eigenvalue weighted by Crippen LogP contribution is -2.44. The molecule has 2 rings (SSSR count). The van der Waals surface area contributed by atoms with Crippen molar-refractivity contribution in [3.8, 4) is 5.75 Å². The van der Waals surface area contributed by atoms with E-state index in [1.165, 1.54) is 0 Å². The first-order valence-corrected chi connectivity index (χ1v) is 8.03. The topological polar surface area (TPSA) is 84.7 Å². The first-order valence-electron chi connectivity index (χ1n) is 7.65. The lowest BCUT2D eigenvalue weighted by atomic mass is 9.97. The monoisotopic (exact) mass is 339 g/mol. The maximum Gasteiger partial charge on any atom is 0.224 e. The molecule has 2 amide bonds. The summed E-state index contributed by atoms with van der Waals surface area (Å²) >= 11 is 5.97. The summed E-state index contributed by atoms with van der Waals surface area (Å²) in [5.41, 5.74) is 6.09. The quantitative estimate of drug-likeness (QED) is 0.828. The molecule has 1 aliphatic heterocycles. The van der Waals surface area contributed by atoms with E-state index in [2.05, 4.69) is 5.32 Å². The number of carbonyl (C=O) groups excluding carboxylic acids is 2. The second-order valence-corrected chi connectivity index (χ2v) is 6.04. The van der Waals surface area contributed by atoms with Gasteiger partial charge in [0.2, 0.25) is 11.8 Å². The number of nitrogens with one attached hydrogen (secondary N) is 1. The third-order valence-corrected chi connectivity index (χ3v) is 4.23. The normalized spacial score (nSPS) is 17.7. The van der Waals surface area contributed by atoms with Gasteiger partial charge in [0, 0.05) is 31.1 Å². The molecule has 1 atom stereocenters. The zero-order valence-electron chi connectivity index (χ0n) is 13.2. The van der Waals surface area contributed by atoms with E-state index in [-0.39, 0.29) is 17.7 Å². The van der Waals surface area contributed by atoms with Crippen molar-refractivity contribution in [2.75, 3.05) is 32.1 Å². The highest BCUT2D eigenvalue weighted by Crippen LogP contribution is 2.27. The first kappa shape index (κ1) is 17.4. The van der Waals surface area contributed by atoms with Gasteiger partial charge in [-0.2, -0.15) is 0 Å². The number of piperidine rings is 1. The third kappa shape index (κ3) is 4.76. The number of anilines is 1. The van der Waals surface area contributed by atoms with Gasteiger partial charge in [-0.15, -0.1) is 0 Å². The molecule has 0 saturated carbocycles. The molecular formula is C16H22ClN3O3. The zero-order chi connectivity index (χ0) is 16.8. The van der Waals surface area contributed by atoms with Crippen LogP contribution in [0.15, 0.2) is 18.2 Å². The minimum atomic E-state index is -0.329. The van der Waals surface area contributed by atoms with Gasteiger partial charge in [0.05, 0.1) is 18.7 Å². The molecule has 0 aromatic heterocycles. The van der Waals surface area contributed by atoms with Crippen LogP contribution in [0.1, 0.15) is 19.3 Å². The average Bonchev–Trinajstić information content (AvgIpc) is 2.55. The van der Waals surface area contributed by atoms with Crippen LogP contribution in [-0.2, 0) is 9.59 Å². The van der Waals surface area contributed by atoms with Crippen molar-refractivity contribution in [3.05, 3.63) is 23.2 Å². The number of nitrogens with zero attached hydrogens (tertiary/aromatic N) is 1. The molecule has 23 heavy (non-hydrogen) atoms. The van der Waals surface area contributed by atoms with Gasteiger partial charge in [-0.1, -0.05) is 11.6 Å². The predicted octanol–water partition coefficient (Wildman–Crippen LogP) is 1.87. The highest BCUT2D eigenvalue weighted by molar-refractivity contribution is 6.30. The summed E-state index contributed by atoms with van der Waals surface area (Å²) in [5.74, 6) is 0.135. The Kier molecular flexibility index (Phi) is 6.10. The van der Waals surface area contributed by atoms with Gasteiger partial charge in [0.15, 0.2) is 0 Å². The van der Waals surface area contributed by atoms with Gasteiger partial charge in [-0.3, -0.25) is 9.59 Å². The summed E-state index contributed by atoms with van der Waals surface area (Å²) in [6.07, 6.45) is 1.91. The van der Waals surface area contributed by atoms with Crippen LogP contribution in [0.4, 0.5) is 5.69 Å². The van der Waals surface area contributed by atoms with Crippen molar-refractivity contribution >= 4 is 29.1 Å². The lowest BCUT2D eigenvalue weighted by Gasteiger charge is -2.31. The second-order valence-electron chi connectivity index (χ2n) is 5.60. The van der Waals surface area contributed by atoms with Crippen LogP contribution < -0.4 is 15.8 Å². The summed E-state index contributed by atoms with van der Waals surface area (Å²) in [7, 11) is 1.58. The number of carbonyl (C=O) groups is 2. The molecule has 3 N–H and O–H groups in total. The molecule has 0 aliphatic carbocycles. The SMILES string of the molecule is COc1ccc(Cl)cc1NCCC(=O)N1CCC[C@@H](C(N)=O)C1. The lowest BCUT2D eigenvalue weighted by molar-refractivity contribution is -0.134. The van der Waals surface area contributed by atoms with Crippen LogP contribution in [0.25, 0.3) is 0 Å². The number of likely N-dealkylation sites (tertiary alicyclic amines) is 1. The predicted molar refractivity (Wildman–Crippen MR) is 89.6 cm³/mol. The Labute approximate surface area is 140 Å². The summed E-state index contributed by atoms with van der Waals surface area (Å²) < 4.78 is 5.25. The fourth-order valence-corrected chi connectivity index (χ4v) is 2.89. The van der Waals surface area contributed by atoms with Crippen molar-refractivity contribution < 1.29 is 14.3 Å². The number of hydrogen-bond acceptors (Lipinski definition) is 4. The summed E-state index contributed by atoms with van der Waals surface area (Å²) in [6.45, 7) is 1.57. The number of rotatable bonds is 6. The summed E-state index contributed by atoms with van der Waals surface area (Å²) in [6, 6.07) is 5.28. The molecule has 0 spiro atoms. The molecule has 6 nitrogen and oxygen atoms in total. The Morgan fingerprint density at radius 2 is 2.26 bits per heavy atom. The molecule has 1 heterocycles. The molecular weight excluding hydrogens is 318 g/mol. The molecule has 0 bridgehead atoms. The Balaban J connectivity index is 1.85. The van der Waals surface area contributed by atoms with Crippen molar-refractivity contribution in [3.63, 3.8) is 0 Å². The van der Waals surface area contributed by atoms with Gasteiger partial charge in [0.1, 0.15) is 5.75 Å². The van der Waals surface area contributed by atoms with Gasteiger partial charge < -0.3 is 20.7 Å². The fourth-order valence-electron chi connectivity index (χ4n) is 2.72. The largest absolute Gasteiger partial charge is 0.495 e. The van der Waals surface area contributed by atoms with Crippen molar-refractivity contribution in [2.24, 2.45) is 11.7 Å². The maximum atomic E-state index is 12.3. The molecule has 0 radical (unpaired) electrons. The Morgan fingerprint density at radius 1 is 1.48 bits per heavy atom.